The van der Waals surface area contributed by atoms with Crippen LogP contribution >= 0.6 is 0 Å². The lowest BCUT2D eigenvalue weighted by Crippen LogP contribution is -2.42. The number of aliphatic hydroxyl groups excluding tert-OH is 1. The SMILES string of the molecule is O=S1(=O)C[C@@H](O)[C@@H](N(Cc2ccccc2)c2cccc(O)c2)C1. The van der Waals surface area contributed by atoms with Crippen LogP contribution in [0.25, 0.3) is 0 Å². The Hall–Kier alpha value is -2.05. The summed E-state index contributed by atoms with van der Waals surface area (Å²) in [6.07, 6.45) is -0.939. The summed E-state index contributed by atoms with van der Waals surface area (Å²) in [5.41, 5.74) is 1.70. The molecule has 2 N–H and O–H groups in total. The maximum absolute atomic E-state index is 11.9. The van der Waals surface area contributed by atoms with Crippen molar-refractivity contribution in [2.75, 3.05) is 16.4 Å². The quantitative estimate of drug-likeness (QED) is 0.888. The smallest absolute Gasteiger partial charge is 0.155 e. The largest absolute Gasteiger partial charge is 0.508 e. The topological polar surface area (TPSA) is 77.8 Å². The predicted octanol–water partition coefficient (Wildman–Crippen LogP) is 1.56. The highest BCUT2D eigenvalue weighted by Crippen LogP contribution is 2.28. The number of rotatable bonds is 4. The predicted molar refractivity (Wildman–Crippen MR) is 89.2 cm³/mol. The molecule has 0 spiro atoms. The van der Waals surface area contributed by atoms with Crippen molar-refractivity contribution in [3.05, 3.63) is 60.2 Å². The van der Waals surface area contributed by atoms with Gasteiger partial charge in [-0.2, -0.15) is 0 Å². The molecule has 1 aliphatic rings. The molecule has 122 valence electrons. The van der Waals surface area contributed by atoms with E-state index in [1.165, 1.54) is 0 Å². The summed E-state index contributed by atoms with van der Waals surface area (Å²) >= 11 is 0. The summed E-state index contributed by atoms with van der Waals surface area (Å²) in [7, 11) is -3.25. The van der Waals surface area contributed by atoms with Crippen molar-refractivity contribution in [2.45, 2.75) is 18.7 Å². The first-order valence-electron chi connectivity index (χ1n) is 7.43. The molecule has 0 saturated carbocycles. The van der Waals surface area contributed by atoms with Gasteiger partial charge < -0.3 is 15.1 Å². The maximum Gasteiger partial charge on any atom is 0.155 e. The van der Waals surface area contributed by atoms with Crippen molar-refractivity contribution in [1.82, 2.24) is 0 Å². The fourth-order valence-corrected chi connectivity index (χ4v) is 4.76. The van der Waals surface area contributed by atoms with Crippen LogP contribution in [0.3, 0.4) is 0 Å². The molecule has 6 heteroatoms. The van der Waals surface area contributed by atoms with Crippen LogP contribution in [0.4, 0.5) is 5.69 Å². The van der Waals surface area contributed by atoms with Crippen molar-refractivity contribution >= 4 is 15.5 Å². The number of sulfone groups is 1. The van der Waals surface area contributed by atoms with Gasteiger partial charge in [0.1, 0.15) is 5.75 Å². The summed E-state index contributed by atoms with van der Waals surface area (Å²) < 4.78 is 23.7. The Labute approximate surface area is 135 Å². The third-order valence-corrected chi connectivity index (χ3v) is 5.75. The fraction of sp³-hybridized carbons (Fsp3) is 0.294. The third kappa shape index (κ3) is 3.65. The Balaban J connectivity index is 1.96. The van der Waals surface area contributed by atoms with E-state index in [9.17, 15) is 18.6 Å². The molecule has 0 amide bonds. The molecule has 0 aromatic heterocycles. The van der Waals surface area contributed by atoms with Gasteiger partial charge in [0.2, 0.25) is 0 Å². The van der Waals surface area contributed by atoms with Gasteiger partial charge in [-0.25, -0.2) is 8.42 Å². The number of aromatic hydroxyl groups is 1. The van der Waals surface area contributed by atoms with Gasteiger partial charge in [0.25, 0.3) is 0 Å². The van der Waals surface area contributed by atoms with Gasteiger partial charge in [-0.05, 0) is 17.7 Å². The van der Waals surface area contributed by atoms with Crippen LogP contribution in [0.5, 0.6) is 5.75 Å². The van der Waals surface area contributed by atoms with Crippen LogP contribution in [-0.4, -0.2) is 42.3 Å². The van der Waals surface area contributed by atoms with Gasteiger partial charge in [0.05, 0.1) is 23.7 Å². The van der Waals surface area contributed by atoms with Crippen molar-refractivity contribution < 1.29 is 18.6 Å². The van der Waals surface area contributed by atoms with Crippen LogP contribution in [0.15, 0.2) is 54.6 Å². The standard InChI is InChI=1S/C17H19NO4S/c19-15-8-4-7-14(9-15)18(10-13-5-2-1-3-6-13)16-11-23(21,22)12-17(16)20/h1-9,16-17,19-20H,10-12H2/t16-,17+/m0/s1. The molecule has 2 aromatic rings. The van der Waals surface area contributed by atoms with Crippen molar-refractivity contribution in [3.63, 3.8) is 0 Å². The monoisotopic (exact) mass is 333 g/mol. The van der Waals surface area contributed by atoms with Crippen molar-refractivity contribution in [2.24, 2.45) is 0 Å². The van der Waals surface area contributed by atoms with Crippen molar-refractivity contribution in [3.8, 4) is 5.75 Å². The first kappa shape index (κ1) is 15.8. The number of hydrogen-bond acceptors (Lipinski definition) is 5. The zero-order valence-electron chi connectivity index (χ0n) is 12.5. The van der Waals surface area contributed by atoms with Crippen LogP contribution < -0.4 is 4.90 Å². The second kappa shape index (κ2) is 6.22. The Kier molecular flexibility index (Phi) is 4.28. The Morgan fingerprint density at radius 2 is 1.78 bits per heavy atom. The zero-order valence-corrected chi connectivity index (χ0v) is 13.4. The number of aliphatic hydroxyl groups is 1. The first-order valence-corrected chi connectivity index (χ1v) is 9.25. The van der Waals surface area contributed by atoms with Gasteiger partial charge in [-0.15, -0.1) is 0 Å². The number of anilines is 1. The van der Waals surface area contributed by atoms with E-state index >= 15 is 0 Å². The Morgan fingerprint density at radius 1 is 1.04 bits per heavy atom. The molecule has 0 unspecified atom stereocenters. The minimum absolute atomic E-state index is 0.0867. The average molecular weight is 333 g/mol. The zero-order chi connectivity index (χ0) is 16.4. The van der Waals surface area contributed by atoms with E-state index in [-0.39, 0.29) is 17.3 Å². The number of phenolic OH excluding ortho intramolecular Hbond substituents is 1. The molecule has 5 nitrogen and oxygen atoms in total. The molecule has 0 aliphatic carbocycles. The molecule has 0 radical (unpaired) electrons. The average Bonchev–Trinajstić information content (AvgIpc) is 2.78. The summed E-state index contributed by atoms with van der Waals surface area (Å²) in [6.45, 7) is 0.460. The summed E-state index contributed by atoms with van der Waals surface area (Å²) in [4.78, 5) is 1.85. The fourth-order valence-electron chi connectivity index (χ4n) is 2.96. The molecule has 0 bridgehead atoms. The number of nitrogens with zero attached hydrogens (tertiary/aromatic N) is 1. The molecule has 3 rings (SSSR count). The van der Waals surface area contributed by atoms with Gasteiger partial charge in [0.15, 0.2) is 9.84 Å². The minimum Gasteiger partial charge on any atom is -0.508 e. The van der Waals surface area contributed by atoms with Crippen LogP contribution in [0.1, 0.15) is 5.56 Å². The van der Waals surface area contributed by atoms with Gasteiger partial charge >= 0.3 is 0 Å². The molecule has 2 aromatic carbocycles. The van der Waals surface area contributed by atoms with Gasteiger partial charge in [0, 0.05) is 18.3 Å². The van der Waals surface area contributed by atoms with Crippen LogP contribution in [0, 0.1) is 0 Å². The normalized spacial score (nSPS) is 22.8. The molecule has 1 aliphatic heterocycles. The number of benzene rings is 2. The molecule has 23 heavy (non-hydrogen) atoms. The number of hydrogen-bond donors (Lipinski definition) is 2. The van der Waals surface area contributed by atoms with E-state index in [0.717, 1.165) is 5.56 Å². The second-order valence-corrected chi connectivity index (χ2v) is 8.00. The maximum atomic E-state index is 11.9. The molecular weight excluding hydrogens is 314 g/mol. The lowest BCUT2D eigenvalue weighted by atomic mass is 10.1. The van der Waals surface area contributed by atoms with E-state index < -0.39 is 22.0 Å². The van der Waals surface area contributed by atoms with E-state index in [0.29, 0.717) is 12.2 Å². The lowest BCUT2D eigenvalue weighted by molar-refractivity contribution is 0.177. The van der Waals surface area contributed by atoms with E-state index in [4.69, 9.17) is 0 Å². The van der Waals surface area contributed by atoms with E-state index in [1.807, 2.05) is 35.2 Å². The molecule has 2 atom stereocenters. The second-order valence-electron chi connectivity index (χ2n) is 5.84. The summed E-state index contributed by atoms with van der Waals surface area (Å²) in [5.74, 6) is -0.200. The van der Waals surface area contributed by atoms with Gasteiger partial charge in [-0.3, -0.25) is 0 Å². The highest BCUT2D eigenvalue weighted by Gasteiger charge is 2.40. The van der Waals surface area contributed by atoms with Gasteiger partial charge in [-0.1, -0.05) is 36.4 Å². The summed E-state index contributed by atoms with van der Waals surface area (Å²) in [6, 6.07) is 15.8. The Morgan fingerprint density at radius 3 is 2.39 bits per heavy atom. The number of phenols is 1. The highest BCUT2D eigenvalue weighted by molar-refractivity contribution is 7.91. The highest BCUT2D eigenvalue weighted by atomic mass is 32.2. The molecular formula is C17H19NO4S. The summed E-state index contributed by atoms with van der Waals surface area (Å²) in [5, 5.41) is 20.0. The third-order valence-electron chi connectivity index (χ3n) is 4.05. The minimum atomic E-state index is -3.25. The van der Waals surface area contributed by atoms with E-state index in [2.05, 4.69) is 0 Å². The molecule has 1 saturated heterocycles. The van der Waals surface area contributed by atoms with Crippen LogP contribution in [0.2, 0.25) is 0 Å². The van der Waals surface area contributed by atoms with E-state index in [1.54, 1.807) is 24.3 Å². The first-order chi connectivity index (χ1) is 10.9. The molecule has 1 fully saturated rings. The Bertz CT molecular complexity index is 776. The van der Waals surface area contributed by atoms with Crippen molar-refractivity contribution in [1.29, 1.82) is 0 Å². The van der Waals surface area contributed by atoms with Crippen LogP contribution in [-0.2, 0) is 16.4 Å². The lowest BCUT2D eigenvalue weighted by Gasteiger charge is -2.32. The molecule has 1 heterocycles.